The fourth-order valence-electron chi connectivity index (χ4n) is 3.01. The third-order valence-electron chi connectivity index (χ3n) is 4.32. The van der Waals surface area contributed by atoms with E-state index in [0.29, 0.717) is 18.5 Å². The van der Waals surface area contributed by atoms with Crippen LogP contribution in [0.25, 0.3) is 10.9 Å². The summed E-state index contributed by atoms with van der Waals surface area (Å²) in [5.41, 5.74) is 0.141. The monoisotopic (exact) mass is 333 g/mol. The van der Waals surface area contributed by atoms with Gasteiger partial charge in [-0.2, -0.15) is 4.31 Å². The lowest BCUT2D eigenvalue weighted by molar-refractivity contribution is 0.0322. The molecule has 2 fully saturated rings. The first-order valence-electron chi connectivity index (χ1n) is 7.30. The minimum atomic E-state index is -3.66. The topological polar surface area (TPSA) is 88.6 Å². The van der Waals surface area contributed by atoms with E-state index < -0.39 is 21.7 Å². The fraction of sp³-hybridized carbons (Fsp3) is 0.333. The van der Waals surface area contributed by atoms with Crippen molar-refractivity contribution in [3.8, 4) is 0 Å². The fourth-order valence-corrected chi connectivity index (χ4v) is 4.57. The molecule has 0 atom stereocenters. The Bertz CT molecular complexity index is 890. The third-order valence-corrected chi connectivity index (χ3v) is 6.01. The number of alkyl carbamates (subject to hydrolysis) is 1. The molecular weight excluding hydrogens is 318 g/mol. The van der Waals surface area contributed by atoms with Gasteiger partial charge in [0.15, 0.2) is 5.03 Å². The predicted octanol–water partition coefficient (Wildman–Crippen LogP) is 1.11. The Hall–Kier alpha value is -2.19. The summed E-state index contributed by atoms with van der Waals surface area (Å²) >= 11 is 0. The van der Waals surface area contributed by atoms with E-state index in [0.717, 1.165) is 5.39 Å². The number of carbonyl (C=O) groups is 1. The van der Waals surface area contributed by atoms with Gasteiger partial charge in [-0.1, -0.05) is 18.2 Å². The average Bonchev–Trinajstić information content (AvgIpc) is 2.52. The number of para-hydroxylation sites is 1. The van der Waals surface area contributed by atoms with Gasteiger partial charge in [0.1, 0.15) is 0 Å². The molecule has 7 nitrogen and oxygen atoms in total. The van der Waals surface area contributed by atoms with Crippen LogP contribution in [0.5, 0.6) is 0 Å². The minimum absolute atomic E-state index is 0.0319. The maximum atomic E-state index is 12.7. The number of nitrogens with one attached hydrogen (secondary N) is 1. The number of fused-ring (bicyclic) bond motifs is 1. The van der Waals surface area contributed by atoms with Crippen molar-refractivity contribution in [2.75, 3.05) is 19.7 Å². The molecule has 120 valence electrons. The van der Waals surface area contributed by atoms with E-state index in [-0.39, 0.29) is 18.1 Å². The van der Waals surface area contributed by atoms with E-state index in [1.54, 1.807) is 12.1 Å². The lowest BCUT2D eigenvalue weighted by Crippen LogP contribution is -2.73. The largest absolute Gasteiger partial charge is 0.449 e. The Balaban J connectivity index is 1.59. The molecule has 8 heteroatoms. The zero-order valence-electron chi connectivity index (χ0n) is 12.2. The second-order valence-corrected chi connectivity index (χ2v) is 7.79. The zero-order chi connectivity index (χ0) is 16.1. The molecule has 2 saturated heterocycles. The van der Waals surface area contributed by atoms with Gasteiger partial charge in [0.25, 0.3) is 10.0 Å². The van der Waals surface area contributed by atoms with Crippen LogP contribution in [0.3, 0.4) is 0 Å². The molecule has 23 heavy (non-hydrogen) atoms. The van der Waals surface area contributed by atoms with Crippen molar-refractivity contribution >= 4 is 27.0 Å². The molecule has 2 aliphatic rings. The zero-order valence-corrected chi connectivity index (χ0v) is 13.0. The third kappa shape index (κ3) is 2.34. The van der Waals surface area contributed by atoms with Crippen molar-refractivity contribution in [1.29, 1.82) is 0 Å². The number of carbonyl (C=O) groups excluding carboxylic acids is 1. The van der Waals surface area contributed by atoms with Gasteiger partial charge in [-0.15, -0.1) is 0 Å². The second-order valence-electron chi connectivity index (χ2n) is 5.91. The molecule has 0 unspecified atom stereocenters. The summed E-state index contributed by atoms with van der Waals surface area (Å²) < 4.78 is 31.5. The van der Waals surface area contributed by atoms with Gasteiger partial charge in [-0.25, -0.2) is 18.2 Å². The number of amides is 1. The van der Waals surface area contributed by atoms with Crippen molar-refractivity contribution < 1.29 is 17.9 Å². The summed E-state index contributed by atoms with van der Waals surface area (Å²) in [4.78, 5) is 15.6. The van der Waals surface area contributed by atoms with Crippen LogP contribution in [0.1, 0.15) is 6.42 Å². The number of cyclic esters (lactones) is 1. The standard InChI is InChI=1S/C15H15N3O4S/c19-14-17-15(7-8-22-14)9-18(10-15)23(20,21)13-6-5-11-3-1-2-4-12(11)16-13/h1-6H,7-10H2,(H,17,19). The number of aromatic nitrogens is 1. The molecule has 0 bridgehead atoms. The number of nitrogens with zero attached hydrogens (tertiary/aromatic N) is 2. The van der Waals surface area contributed by atoms with E-state index in [9.17, 15) is 13.2 Å². The van der Waals surface area contributed by atoms with Crippen molar-refractivity contribution in [2.24, 2.45) is 0 Å². The number of benzene rings is 1. The molecule has 0 radical (unpaired) electrons. The van der Waals surface area contributed by atoms with Crippen LogP contribution in [0.2, 0.25) is 0 Å². The summed E-state index contributed by atoms with van der Waals surface area (Å²) in [6, 6.07) is 10.6. The Morgan fingerprint density at radius 1 is 1.17 bits per heavy atom. The van der Waals surface area contributed by atoms with Crippen LogP contribution in [-0.2, 0) is 14.8 Å². The molecule has 4 rings (SSSR count). The molecule has 1 aromatic heterocycles. The van der Waals surface area contributed by atoms with Crippen LogP contribution < -0.4 is 5.32 Å². The highest BCUT2D eigenvalue weighted by Gasteiger charge is 2.51. The number of hydrogen-bond acceptors (Lipinski definition) is 5. The summed E-state index contributed by atoms with van der Waals surface area (Å²) in [5.74, 6) is 0. The lowest BCUT2D eigenvalue weighted by atomic mass is 9.88. The van der Waals surface area contributed by atoms with Crippen molar-refractivity contribution in [2.45, 2.75) is 17.0 Å². The summed E-state index contributed by atoms with van der Waals surface area (Å²) in [6.07, 6.45) is 0.118. The summed E-state index contributed by atoms with van der Waals surface area (Å²) in [6.45, 7) is 0.811. The molecule has 1 spiro atoms. The number of sulfonamides is 1. The SMILES string of the molecule is O=C1NC2(CCO1)CN(S(=O)(=O)c1ccc3ccccc3n1)C2. The molecule has 1 aromatic carbocycles. The normalized spacial score (nSPS) is 20.8. The number of ether oxygens (including phenoxy) is 1. The summed E-state index contributed by atoms with van der Waals surface area (Å²) in [7, 11) is -3.66. The Morgan fingerprint density at radius 3 is 2.74 bits per heavy atom. The van der Waals surface area contributed by atoms with Crippen LogP contribution in [0, 0.1) is 0 Å². The first-order valence-corrected chi connectivity index (χ1v) is 8.74. The number of rotatable bonds is 2. The maximum absolute atomic E-state index is 12.7. The van der Waals surface area contributed by atoms with E-state index >= 15 is 0 Å². The van der Waals surface area contributed by atoms with Crippen LogP contribution >= 0.6 is 0 Å². The number of hydrogen-bond donors (Lipinski definition) is 1. The van der Waals surface area contributed by atoms with Gasteiger partial charge in [0, 0.05) is 24.9 Å². The van der Waals surface area contributed by atoms with Crippen LogP contribution in [-0.4, -0.2) is 49.0 Å². The predicted molar refractivity (Wildman–Crippen MR) is 82.3 cm³/mol. The quantitative estimate of drug-likeness (QED) is 0.889. The molecule has 2 aromatic rings. The second kappa shape index (κ2) is 4.90. The maximum Gasteiger partial charge on any atom is 0.407 e. The van der Waals surface area contributed by atoms with Crippen molar-refractivity contribution in [3.05, 3.63) is 36.4 Å². The van der Waals surface area contributed by atoms with Crippen molar-refractivity contribution in [3.63, 3.8) is 0 Å². The van der Waals surface area contributed by atoms with Gasteiger partial charge < -0.3 is 10.1 Å². The number of pyridine rings is 1. The molecule has 1 N–H and O–H groups in total. The van der Waals surface area contributed by atoms with Gasteiger partial charge in [0.05, 0.1) is 17.7 Å². The highest BCUT2D eigenvalue weighted by molar-refractivity contribution is 7.89. The first kappa shape index (κ1) is 14.4. The van der Waals surface area contributed by atoms with E-state index in [1.165, 1.54) is 10.4 Å². The van der Waals surface area contributed by atoms with Gasteiger partial charge in [0.2, 0.25) is 0 Å². The minimum Gasteiger partial charge on any atom is -0.449 e. The Labute approximate surface area is 133 Å². The highest BCUT2D eigenvalue weighted by atomic mass is 32.2. The molecular formula is C15H15N3O4S. The first-order chi connectivity index (χ1) is 11.0. The average molecular weight is 333 g/mol. The van der Waals surface area contributed by atoms with Gasteiger partial charge in [-0.05, 0) is 18.2 Å². The molecule has 0 saturated carbocycles. The van der Waals surface area contributed by atoms with Crippen molar-refractivity contribution in [1.82, 2.24) is 14.6 Å². The Kier molecular flexibility index (Phi) is 3.07. The van der Waals surface area contributed by atoms with Crippen LogP contribution in [0.15, 0.2) is 41.4 Å². The molecule has 1 amide bonds. The van der Waals surface area contributed by atoms with E-state index in [4.69, 9.17) is 4.74 Å². The van der Waals surface area contributed by atoms with Gasteiger partial charge >= 0.3 is 6.09 Å². The Morgan fingerprint density at radius 2 is 1.96 bits per heavy atom. The molecule has 0 aliphatic carbocycles. The summed E-state index contributed by atoms with van der Waals surface area (Å²) in [5, 5.41) is 3.65. The van der Waals surface area contributed by atoms with E-state index in [1.807, 2.05) is 18.2 Å². The van der Waals surface area contributed by atoms with Gasteiger partial charge in [-0.3, -0.25) is 0 Å². The van der Waals surface area contributed by atoms with Crippen LogP contribution in [0.4, 0.5) is 4.79 Å². The molecule has 3 heterocycles. The molecule has 2 aliphatic heterocycles. The smallest absolute Gasteiger partial charge is 0.407 e. The lowest BCUT2D eigenvalue weighted by Gasteiger charge is -2.50. The van der Waals surface area contributed by atoms with E-state index in [2.05, 4.69) is 10.3 Å². The highest BCUT2D eigenvalue weighted by Crippen LogP contribution is 2.32.